The third kappa shape index (κ3) is 2.92. The molecule has 106 valence electrons. The Morgan fingerprint density at radius 3 is 2.42 bits per heavy atom. The molecule has 0 bridgehead atoms. The number of amides is 1. The van der Waals surface area contributed by atoms with E-state index in [2.05, 4.69) is 0 Å². The number of piperidine rings is 1. The molecule has 2 aliphatic rings. The molecule has 3 rings (SSSR count). The van der Waals surface area contributed by atoms with Gasteiger partial charge in [-0.15, -0.1) is 0 Å². The molecule has 1 aromatic heterocycles. The molecule has 0 aliphatic carbocycles. The molecular formula is C12H18IN3O3. The molecule has 19 heavy (non-hydrogen) atoms. The minimum absolute atomic E-state index is 0. The Labute approximate surface area is 129 Å². The van der Waals surface area contributed by atoms with Gasteiger partial charge >= 0.3 is 6.03 Å². The normalized spacial score (nSPS) is 21.4. The molecule has 0 unspecified atom stereocenters. The fourth-order valence-electron chi connectivity index (χ4n) is 2.55. The Balaban J connectivity index is 0.00000133. The molecule has 0 radical (unpaired) electrons. The zero-order chi connectivity index (χ0) is 12.6. The van der Waals surface area contributed by atoms with Gasteiger partial charge in [-0.1, -0.05) is 0 Å². The SMILES string of the molecule is C[n+]1ccn(C(=O)N2CCC3(CC2)OCCO3)c1.[I-]. The van der Waals surface area contributed by atoms with Crippen LogP contribution in [0.3, 0.4) is 0 Å². The number of likely N-dealkylation sites (tertiary alicyclic amines) is 1. The summed E-state index contributed by atoms with van der Waals surface area (Å²) in [6.07, 6.45) is 6.91. The largest absolute Gasteiger partial charge is 1.00 e. The van der Waals surface area contributed by atoms with E-state index in [0.717, 1.165) is 12.8 Å². The molecule has 1 amide bonds. The maximum Gasteiger partial charge on any atom is 0.415 e. The van der Waals surface area contributed by atoms with Crippen LogP contribution in [0.2, 0.25) is 0 Å². The summed E-state index contributed by atoms with van der Waals surface area (Å²) >= 11 is 0. The van der Waals surface area contributed by atoms with Gasteiger partial charge in [0.25, 0.3) is 6.33 Å². The van der Waals surface area contributed by atoms with Crippen molar-refractivity contribution in [1.29, 1.82) is 0 Å². The molecular weight excluding hydrogens is 361 g/mol. The van der Waals surface area contributed by atoms with Gasteiger partial charge in [0, 0.05) is 25.9 Å². The molecule has 2 saturated heterocycles. The first-order valence-electron chi connectivity index (χ1n) is 6.29. The maximum atomic E-state index is 12.2. The van der Waals surface area contributed by atoms with Gasteiger partial charge in [-0.25, -0.2) is 9.36 Å². The number of hydrogen-bond acceptors (Lipinski definition) is 3. The number of imidazole rings is 1. The number of hydrogen-bond donors (Lipinski definition) is 0. The lowest BCUT2D eigenvalue weighted by atomic mass is 10.0. The van der Waals surface area contributed by atoms with Gasteiger partial charge in [-0.05, 0) is 0 Å². The van der Waals surface area contributed by atoms with Crippen molar-refractivity contribution >= 4 is 6.03 Å². The zero-order valence-corrected chi connectivity index (χ0v) is 13.1. The summed E-state index contributed by atoms with van der Waals surface area (Å²) in [5.74, 6) is -0.419. The average molecular weight is 379 g/mol. The van der Waals surface area contributed by atoms with Crippen molar-refractivity contribution in [3.8, 4) is 0 Å². The van der Waals surface area contributed by atoms with Crippen molar-refractivity contribution in [1.82, 2.24) is 9.47 Å². The van der Waals surface area contributed by atoms with E-state index in [1.165, 1.54) is 0 Å². The van der Waals surface area contributed by atoms with Gasteiger partial charge in [0.2, 0.25) is 0 Å². The van der Waals surface area contributed by atoms with Gasteiger partial charge in [0.1, 0.15) is 12.4 Å². The predicted octanol–water partition coefficient (Wildman–Crippen LogP) is -2.88. The molecule has 2 aliphatic heterocycles. The number of aromatic nitrogens is 2. The maximum absolute atomic E-state index is 12.2. The molecule has 1 spiro atoms. The van der Waals surface area contributed by atoms with E-state index in [-0.39, 0.29) is 30.0 Å². The van der Waals surface area contributed by atoms with Crippen LogP contribution in [-0.2, 0) is 16.5 Å². The Kier molecular flexibility index (Phi) is 4.46. The third-order valence-corrected chi connectivity index (χ3v) is 3.60. The summed E-state index contributed by atoms with van der Waals surface area (Å²) < 4.78 is 14.8. The fraction of sp³-hybridized carbons (Fsp3) is 0.667. The molecule has 0 atom stereocenters. The van der Waals surface area contributed by atoms with Crippen LogP contribution < -0.4 is 28.5 Å². The molecule has 7 heteroatoms. The lowest BCUT2D eigenvalue weighted by Crippen LogP contribution is -3.00. The van der Waals surface area contributed by atoms with Gasteiger partial charge in [-0.2, -0.15) is 4.57 Å². The van der Waals surface area contributed by atoms with Crippen LogP contribution in [0.15, 0.2) is 18.7 Å². The van der Waals surface area contributed by atoms with E-state index in [1.54, 1.807) is 17.1 Å². The first-order chi connectivity index (χ1) is 8.69. The first kappa shape index (κ1) is 14.7. The summed E-state index contributed by atoms with van der Waals surface area (Å²) in [4.78, 5) is 14.1. The van der Waals surface area contributed by atoms with Gasteiger partial charge in [-0.3, -0.25) is 0 Å². The van der Waals surface area contributed by atoms with E-state index in [4.69, 9.17) is 9.47 Å². The number of nitrogens with zero attached hydrogens (tertiary/aromatic N) is 3. The van der Waals surface area contributed by atoms with Crippen LogP contribution in [0.1, 0.15) is 12.8 Å². The second kappa shape index (κ2) is 5.76. The number of aryl methyl sites for hydroxylation is 1. The summed E-state index contributed by atoms with van der Waals surface area (Å²) in [5, 5.41) is 0. The molecule has 0 saturated carbocycles. The Morgan fingerprint density at radius 1 is 1.26 bits per heavy atom. The number of rotatable bonds is 0. The van der Waals surface area contributed by atoms with Gasteiger partial charge < -0.3 is 38.4 Å². The van der Waals surface area contributed by atoms with E-state index in [0.29, 0.717) is 26.3 Å². The van der Waals surface area contributed by atoms with Crippen LogP contribution in [-0.4, -0.2) is 47.6 Å². The van der Waals surface area contributed by atoms with E-state index in [9.17, 15) is 4.79 Å². The standard InChI is InChI=1S/C12H18N3O3.HI/c1-13-6-7-15(10-13)11(16)14-4-2-12(3-5-14)17-8-9-18-12;/h6-7,10H,2-5,8-9H2,1H3;1H/q+1;/p-1. The number of carbonyl (C=O) groups is 1. The summed E-state index contributed by atoms with van der Waals surface area (Å²) in [7, 11) is 1.90. The fourth-order valence-corrected chi connectivity index (χ4v) is 2.55. The van der Waals surface area contributed by atoms with Crippen LogP contribution >= 0.6 is 0 Å². The van der Waals surface area contributed by atoms with Crippen molar-refractivity contribution in [3.05, 3.63) is 18.7 Å². The highest BCUT2D eigenvalue weighted by molar-refractivity contribution is 5.76. The molecule has 1 aromatic rings. The highest BCUT2D eigenvalue weighted by atomic mass is 127. The Hall–Kier alpha value is -0.670. The minimum Gasteiger partial charge on any atom is -1.00 e. The van der Waals surface area contributed by atoms with Crippen LogP contribution in [0, 0.1) is 0 Å². The van der Waals surface area contributed by atoms with E-state index >= 15 is 0 Å². The lowest BCUT2D eigenvalue weighted by molar-refractivity contribution is -0.670. The Bertz CT molecular complexity index is 447. The zero-order valence-electron chi connectivity index (χ0n) is 10.9. The quantitative estimate of drug-likeness (QED) is 0.360. The average Bonchev–Trinajstić information content (AvgIpc) is 3.00. The predicted molar refractivity (Wildman–Crippen MR) is 61.8 cm³/mol. The molecule has 0 N–H and O–H groups in total. The molecule has 3 heterocycles. The Morgan fingerprint density at radius 2 is 1.89 bits per heavy atom. The van der Waals surface area contributed by atoms with Crippen LogP contribution in [0.4, 0.5) is 4.79 Å². The smallest absolute Gasteiger partial charge is 0.415 e. The van der Waals surface area contributed by atoms with Gasteiger partial charge in [0.05, 0.1) is 20.3 Å². The number of halogens is 1. The van der Waals surface area contributed by atoms with Gasteiger partial charge in [0.15, 0.2) is 5.79 Å². The highest BCUT2D eigenvalue weighted by Crippen LogP contribution is 2.31. The summed E-state index contributed by atoms with van der Waals surface area (Å²) in [6, 6.07) is 0.0171. The van der Waals surface area contributed by atoms with Crippen molar-refractivity contribution in [2.24, 2.45) is 7.05 Å². The van der Waals surface area contributed by atoms with E-state index in [1.807, 2.05) is 22.7 Å². The number of carbonyl (C=O) groups excluding carboxylic acids is 1. The number of ether oxygens (including phenoxy) is 2. The summed E-state index contributed by atoms with van der Waals surface area (Å²) in [6.45, 7) is 2.70. The molecule has 0 aromatic carbocycles. The lowest BCUT2D eigenvalue weighted by Gasteiger charge is -2.36. The van der Waals surface area contributed by atoms with Crippen LogP contribution in [0.25, 0.3) is 0 Å². The first-order valence-corrected chi connectivity index (χ1v) is 6.29. The second-order valence-electron chi connectivity index (χ2n) is 4.86. The monoisotopic (exact) mass is 379 g/mol. The van der Waals surface area contributed by atoms with Crippen molar-refractivity contribution in [3.63, 3.8) is 0 Å². The second-order valence-corrected chi connectivity index (χ2v) is 4.86. The van der Waals surface area contributed by atoms with Crippen LogP contribution in [0.5, 0.6) is 0 Å². The minimum atomic E-state index is -0.419. The third-order valence-electron chi connectivity index (χ3n) is 3.60. The van der Waals surface area contributed by atoms with Crippen molar-refractivity contribution in [2.45, 2.75) is 18.6 Å². The van der Waals surface area contributed by atoms with E-state index < -0.39 is 5.79 Å². The molecule has 6 nitrogen and oxygen atoms in total. The van der Waals surface area contributed by atoms with Crippen molar-refractivity contribution < 1.29 is 42.8 Å². The molecule has 2 fully saturated rings. The highest BCUT2D eigenvalue weighted by Gasteiger charge is 2.41. The summed E-state index contributed by atoms with van der Waals surface area (Å²) in [5.41, 5.74) is 0. The topological polar surface area (TPSA) is 47.6 Å². The van der Waals surface area contributed by atoms with Crippen molar-refractivity contribution in [2.75, 3.05) is 26.3 Å².